The maximum Gasteiger partial charge on any atom is 0.143 e. The molecule has 0 saturated heterocycles. The Morgan fingerprint density at radius 1 is 0.283 bits per heavy atom. The predicted octanol–water partition coefficient (Wildman–Crippen LogP) is 14.9. The van der Waals surface area contributed by atoms with Crippen molar-refractivity contribution in [2.75, 3.05) is 0 Å². The molecule has 0 N–H and O–H groups in total. The van der Waals surface area contributed by atoms with Gasteiger partial charge >= 0.3 is 0 Å². The van der Waals surface area contributed by atoms with Crippen molar-refractivity contribution in [3.8, 4) is 44.5 Å². The van der Waals surface area contributed by atoms with Crippen molar-refractivity contribution in [1.29, 1.82) is 0 Å². The number of hydrogen-bond donors (Lipinski definition) is 0. The van der Waals surface area contributed by atoms with Crippen molar-refractivity contribution in [3.05, 3.63) is 194 Å². The normalized spacial score (nSPS) is 11.8. The van der Waals surface area contributed by atoms with Crippen LogP contribution < -0.4 is 0 Å². The molecule has 0 unspecified atom stereocenters. The van der Waals surface area contributed by atoms with Gasteiger partial charge in [-0.1, -0.05) is 182 Å². The molecule has 1 heteroatoms. The SMILES string of the molecule is c1ccc(-c2cccc(-c3ccccc3)c2-c2c3ccccc3c(-c3cc4c(oc5ccc6ccccc6c54)c4ccccc34)c3ccccc23)cc1. The largest absolute Gasteiger partial charge is 0.455 e. The van der Waals surface area contributed by atoms with Crippen molar-refractivity contribution in [2.45, 2.75) is 0 Å². The summed E-state index contributed by atoms with van der Waals surface area (Å²) in [7, 11) is 0. The van der Waals surface area contributed by atoms with Gasteiger partial charge in [-0.15, -0.1) is 0 Å². The minimum absolute atomic E-state index is 0.914. The highest BCUT2D eigenvalue weighted by atomic mass is 16.3. The van der Waals surface area contributed by atoms with Crippen LogP contribution in [0.1, 0.15) is 0 Å². The first-order chi connectivity index (χ1) is 26.3. The molecule has 0 aliphatic carbocycles. The minimum atomic E-state index is 0.914. The maximum absolute atomic E-state index is 6.73. The van der Waals surface area contributed by atoms with Gasteiger partial charge in [0.15, 0.2) is 0 Å². The molecule has 1 aromatic heterocycles. The fourth-order valence-corrected chi connectivity index (χ4v) is 8.80. The second-order valence-electron chi connectivity index (χ2n) is 13.9. The van der Waals surface area contributed by atoms with Gasteiger partial charge in [0.05, 0.1) is 0 Å². The second kappa shape index (κ2) is 11.8. The highest BCUT2D eigenvalue weighted by Gasteiger charge is 2.24. The van der Waals surface area contributed by atoms with Crippen molar-refractivity contribution < 1.29 is 4.42 Å². The number of fused-ring (bicyclic) bond motifs is 9. The summed E-state index contributed by atoms with van der Waals surface area (Å²) < 4.78 is 6.73. The van der Waals surface area contributed by atoms with Gasteiger partial charge < -0.3 is 4.42 Å². The lowest BCUT2D eigenvalue weighted by atomic mass is 9.80. The van der Waals surface area contributed by atoms with E-state index in [2.05, 4.69) is 194 Å². The summed E-state index contributed by atoms with van der Waals surface area (Å²) in [6.45, 7) is 0. The average molecular weight is 673 g/mol. The van der Waals surface area contributed by atoms with Crippen molar-refractivity contribution in [3.63, 3.8) is 0 Å². The van der Waals surface area contributed by atoms with E-state index in [9.17, 15) is 0 Å². The van der Waals surface area contributed by atoms with Gasteiger partial charge in [0.25, 0.3) is 0 Å². The van der Waals surface area contributed by atoms with Crippen molar-refractivity contribution in [2.24, 2.45) is 0 Å². The fourth-order valence-electron chi connectivity index (χ4n) is 8.80. The molecular weight excluding hydrogens is 641 g/mol. The molecule has 246 valence electrons. The van der Waals surface area contributed by atoms with E-state index in [1.54, 1.807) is 0 Å². The van der Waals surface area contributed by atoms with E-state index in [1.165, 1.54) is 87.6 Å². The summed E-state index contributed by atoms with van der Waals surface area (Å²) in [6.07, 6.45) is 0. The van der Waals surface area contributed by atoms with Crippen molar-refractivity contribution >= 4 is 65.0 Å². The lowest BCUT2D eigenvalue weighted by molar-refractivity contribution is 0.673. The molecule has 1 nitrogen and oxygen atoms in total. The van der Waals surface area contributed by atoms with E-state index in [-0.39, 0.29) is 0 Å². The minimum Gasteiger partial charge on any atom is -0.455 e. The third-order valence-corrected chi connectivity index (χ3v) is 11.1. The summed E-state index contributed by atoms with van der Waals surface area (Å²) in [5, 5.41) is 11.9. The molecule has 0 amide bonds. The van der Waals surface area contributed by atoms with Crippen LogP contribution in [0.5, 0.6) is 0 Å². The topological polar surface area (TPSA) is 13.1 Å². The molecule has 0 aliphatic rings. The number of furan rings is 1. The molecule has 0 bridgehead atoms. The van der Waals surface area contributed by atoms with Crippen LogP contribution in [0.3, 0.4) is 0 Å². The fraction of sp³-hybridized carbons (Fsp3) is 0. The summed E-state index contributed by atoms with van der Waals surface area (Å²) in [6, 6.07) is 70.5. The van der Waals surface area contributed by atoms with E-state index in [4.69, 9.17) is 4.42 Å². The van der Waals surface area contributed by atoms with E-state index >= 15 is 0 Å². The molecule has 0 aliphatic heterocycles. The predicted molar refractivity (Wildman–Crippen MR) is 225 cm³/mol. The third-order valence-electron chi connectivity index (χ3n) is 11.1. The Balaban J connectivity index is 1.32. The molecule has 53 heavy (non-hydrogen) atoms. The van der Waals surface area contributed by atoms with Gasteiger partial charge in [0, 0.05) is 16.2 Å². The molecular formula is C52H32O. The van der Waals surface area contributed by atoms with E-state index < -0.39 is 0 Å². The zero-order valence-corrected chi connectivity index (χ0v) is 28.9. The molecule has 11 aromatic rings. The molecule has 0 radical (unpaired) electrons. The molecule has 0 spiro atoms. The van der Waals surface area contributed by atoms with Gasteiger partial charge in [-0.05, 0) is 94.3 Å². The lowest BCUT2D eigenvalue weighted by Gasteiger charge is -2.23. The molecule has 0 atom stereocenters. The zero-order chi connectivity index (χ0) is 34.9. The number of hydrogen-bond acceptors (Lipinski definition) is 1. The van der Waals surface area contributed by atoms with Gasteiger partial charge in [0.1, 0.15) is 11.2 Å². The van der Waals surface area contributed by atoms with E-state index in [0.717, 1.165) is 21.9 Å². The van der Waals surface area contributed by atoms with Gasteiger partial charge in [0.2, 0.25) is 0 Å². The molecule has 10 aromatic carbocycles. The highest BCUT2D eigenvalue weighted by molar-refractivity contribution is 6.30. The first-order valence-corrected chi connectivity index (χ1v) is 18.3. The maximum atomic E-state index is 6.73. The van der Waals surface area contributed by atoms with Crippen LogP contribution in [-0.2, 0) is 0 Å². The highest BCUT2D eigenvalue weighted by Crippen LogP contribution is 2.51. The first-order valence-electron chi connectivity index (χ1n) is 18.3. The smallest absolute Gasteiger partial charge is 0.143 e. The van der Waals surface area contributed by atoms with E-state index in [1.807, 2.05) is 0 Å². The van der Waals surface area contributed by atoms with Crippen LogP contribution in [0.2, 0.25) is 0 Å². The molecule has 0 fully saturated rings. The van der Waals surface area contributed by atoms with Crippen LogP contribution in [-0.4, -0.2) is 0 Å². The monoisotopic (exact) mass is 672 g/mol. The quantitative estimate of drug-likeness (QED) is 0.170. The number of rotatable bonds is 4. The number of benzene rings is 10. The Kier molecular flexibility index (Phi) is 6.62. The molecule has 11 rings (SSSR count). The van der Waals surface area contributed by atoms with Crippen LogP contribution >= 0.6 is 0 Å². The second-order valence-corrected chi connectivity index (χ2v) is 13.9. The Hall–Kier alpha value is -6.96. The van der Waals surface area contributed by atoms with Crippen LogP contribution in [0.25, 0.3) is 110 Å². The Morgan fingerprint density at radius 2 is 0.774 bits per heavy atom. The van der Waals surface area contributed by atoms with Crippen molar-refractivity contribution in [1.82, 2.24) is 0 Å². The first kappa shape index (κ1) is 29.7. The summed E-state index contributed by atoms with van der Waals surface area (Å²) in [5.74, 6) is 0. The van der Waals surface area contributed by atoms with Crippen LogP contribution in [0.4, 0.5) is 0 Å². The average Bonchev–Trinajstić information content (AvgIpc) is 3.62. The Labute approximate surface area is 307 Å². The summed E-state index contributed by atoms with van der Waals surface area (Å²) >= 11 is 0. The van der Waals surface area contributed by atoms with Crippen LogP contribution in [0, 0.1) is 0 Å². The van der Waals surface area contributed by atoms with Gasteiger partial charge in [-0.2, -0.15) is 0 Å². The van der Waals surface area contributed by atoms with Gasteiger partial charge in [-0.3, -0.25) is 0 Å². The summed E-state index contributed by atoms with van der Waals surface area (Å²) in [4.78, 5) is 0. The molecule has 1 heterocycles. The van der Waals surface area contributed by atoms with Crippen LogP contribution in [0.15, 0.2) is 199 Å². The summed E-state index contributed by atoms with van der Waals surface area (Å²) in [5.41, 5.74) is 11.6. The standard InChI is InChI=1S/C52H32O/c1-3-16-33(17-4-1)37-28-15-29-38(34-18-5-2-6-19-34)50(37)51-42-25-12-10-23-40(42)48(41-24-11-13-26-43(41)51)45-32-46-49-36-21-8-7-20-35(36)30-31-47(49)53-52(46)44-27-14-9-22-39(44)45/h1-32H. The van der Waals surface area contributed by atoms with Gasteiger partial charge in [-0.25, -0.2) is 0 Å². The third kappa shape index (κ3) is 4.51. The van der Waals surface area contributed by atoms with E-state index in [0.29, 0.717) is 0 Å². The zero-order valence-electron chi connectivity index (χ0n) is 28.9. The molecule has 0 saturated carbocycles. The Bertz CT molecular complexity index is 3090. The lowest BCUT2D eigenvalue weighted by Crippen LogP contribution is -1.95. The Morgan fingerprint density at radius 3 is 1.38 bits per heavy atom.